The molecule has 20 heavy (non-hydrogen) atoms. The van der Waals surface area contributed by atoms with Gasteiger partial charge in [0.15, 0.2) is 15.0 Å². The predicted molar refractivity (Wildman–Crippen MR) is 81.5 cm³/mol. The maximum Gasteiger partial charge on any atom is 0.230 e. The number of nitrogens with one attached hydrogen (secondary N) is 1. The van der Waals surface area contributed by atoms with Gasteiger partial charge >= 0.3 is 0 Å². The van der Waals surface area contributed by atoms with Crippen LogP contribution in [0, 0.1) is 5.92 Å². The van der Waals surface area contributed by atoms with Crippen LogP contribution < -0.4 is 15.0 Å². The Labute approximate surface area is 124 Å². The van der Waals surface area contributed by atoms with Crippen molar-refractivity contribution in [1.29, 1.82) is 0 Å². The molecule has 1 N–H and O–H groups in total. The number of anilines is 1. The summed E-state index contributed by atoms with van der Waals surface area (Å²) in [6.45, 7) is 1.38. The lowest BCUT2D eigenvalue weighted by atomic mass is 10.1. The van der Waals surface area contributed by atoms with Gasteiger partial charge in [-0.15, -0.1) is 0 Å². The van der Waals surface area contributed by atoms with Crippen LogP contribution in [0.3, 0.4) is 0 Å². The normalized spacial score (nSPS) is 21.1. The van der Waals surface area contributed by atoms with E-state index in [1.165, 1.54) is 0 Å². The molecule has 0 aliphatic carbocycles. The zero-order valence-corrected chi connectivity index (χ0v) is 13.7. The number of methoxy groups -OCH3 is 1. The molecule has 0 bridgehead atoms. The van der Waals surface area contributed by atoms with Crippen molar-refractivity contribution < 1.29 is 13.2 Å². The molecule has 1 saturated heterocycles. The minimum absolute atomic E-state index is 0.229. The molecule has 2 rings (SSSR count). The van der Waals surface area contributed by atoms with Crippen molar-refractivity contribution in [2.45, 2.75) is 13.0 Å². The summed E-state index contributed by atoms with van der Waals surface area (Å²) >= 11 is 1.58. The Morgan fingerprint density at radius 2 is 2.25 bits per heavy atom. The highest BCUT2D eigenvalue weighted by Gasteiger charge is 2.27. The first-order valence-electron chi connectivity index (χ1n) is 6.53. The van der Waals surface area contributed by atoms with Crippen molar-refractivity contribution in [2.75, 3.05) is 44.2 Å². The summed E-state index contributed by atoms with van der Waals surface area (Å²) in [5.74, 6) is 1.51. The lowest BCUT2D eigenvalue weighted by Crippen LogP contribution is -2.23. The lowest BCUT2D eigenvalue weighted by molar-refractivity contribution is 0.393. The Morgan fingerprint density at radius 3 is 2.80 bits per heavy atom. The molecule has 1 aromatic rings. The standard InChI is InChI=1S/C12H21N3O3S2/c1-15(2)12-14-11(18-3)10(19-12)7-13-6-9-4-5-20(16,17)8-9/h9,13H,4-8H2,1-3H3. The number of thiazole rings is 1. The van der Waals surface area contributed by atoms with E-state index >= 15 is 0 Å². The van der Waals surface area contributed by atoms with E-state index in [2.05, 4.69) is 10.3 Å². The zero-order chi connectivity index (χ0) is 14.8. The smallest absolute Gasteiger partial charge is 0.230 e. The molecule has 6 nitrogen and oxygen atoms in total. The van der Waals surface area contributed by atoms with Crippen LogP contribution in [0.2, 0.25) is 0 Å². The summed E-state index contributed by atoms with van der Waals surface area (Å²) < 4.78 is 28.1. The Morgan fingerprint density at radius 1 is 1.50 bits per heavy atom. The highest BCUT2D eigenvalue weighted by Crippen LogP contribution is 2.30. The van der Waals surface area contributed by atoms with E-state index < -0.39 is 9.84 Å². The molecule has 0 saturated carbocycles. The number of hydrogen-bond donors (Lipinski definition) is 1. The average Bonchev–Trinajstić information content (AvgIpc) is 2.93. The van der Waals surface area contributed by atoms with Crippen LogP contribution in [0.15, 0.2) is 0 Å². The molecule has 1 fully saturated rings. The second kappa shape index (κ2) is 6.28. The number of ether oxygens (including phenoxy) is 1. The SMILES string of the molecule is COc1nc(N(C)C)sc1CNCC1CCS(=O)(=O)C1. The average molecular weight is 319 g/mol. The van der Waals surface area contributed by atoms with Gasteiger partial charge in [-0.25, -0.2) is 8.42 Å². The quantitative estimate of drug-likeness (QED) is 0.834. The van der Waals surface area contributed by atoms with Gasteiger partial charge in [-0.05, 0) is 18.9 Å². The Kier molecular flexibility index (Phi) is 4.87. The first-order valence-corrected chi connectivity index (χ1v) is 9.17. The van der Waals surface area contributed by atoms with Gasteiger partial charge in [0, 0.05) is 20.6 Å². The van der Waals surface area contributed by atoms with Gasteiger partial charge in [0.2, 0.25) is 5.88 Å². The van der Waals surface area contributed by atoms with Gasteiger partial charge in [0.05, 0.1) is 23.5 Å². The molecule has 1 aliphatic rings. The summed E-state index contributed by atoms with van der Waals surface area (Å²) in [4.78, 5) is 7.37. The molecular weight excluding hydrogens is 298 g/mol. The van der Waals surface area contributed by atoms with Crippen molar-refractivity contribution in [3.63, 3.8) is 0 Å². The minimum atomic E-state index is -2.79. The van der Waals surface area contributed by atoms with Gasteiger partial charge in [0.25, 0.3) is 0 Å². The van der Waals surface area contributed by atoms with E-state index in [1.54, 1.807) is 18.4 Å². The predicted octanol–water partition coefficient (Wildman–Crippen LogP) is 0.742. The second-order valence-electron chi connectivity index (χ2n) is 5.22. The van der Waals surface area contributed by atoms with Crippen LogP contribution in [0.4, 0.5) is 5.13 Å². The first-order chi connectivity index (χ1) is 9.41. The van der Waals surface area contributed by atoms with E-state index in [9.17, 15) is 8.42 Å². The summed E-state index contributed by atoms with van der Waals surface area (Å²) in [6.07, 6.45) is 0.762. The number of nitrogens with zero attached hydrogens (tertiary/aromatic N) is 2. The summed E-state index contributed by atoms with van der Waals surface area (Å²) in [6, 6.07) is 0. The van der Waals surface area contributed by atoms with Crippen LogP contribution in [0.1, 0.15) is 11.3 Å². The van der Waals surface area contributed by atoms with E-state index in [1.807, 2.05) is 19.0 Å². The summed E-state index contributed by atoms with van der Waals surface area (Å²) in [5.41, 5.74) is 0. The van der Waals surface area contributed by atoms with Crippen LogP contribution in [-0.4, -0.2) is 52.7 Å². The van der Waals surface area contributed by atoms with Crippen molar-refractivity contribution in [3.05, 3.63) is 4.88 Å². The number of hydrogen-bond acceptors (Lipinski definition) is 7. The van der Waals surface area contributed by atoms with E-state index in [0.29, 0.717) is 23.9 Å². The fraction of sp³-hybridized carbons (Fsp3) is 0.750. The molecule has 114 valence electrons. The Hall–Kier alpha value is -0.860. The van der Waals surface area contributed by atoms with Crippen molar-refractivity contribution >= 4 is 26.3 Å². The number of sulfone groups is 1. The third kappa shape index (κ3) is 3.83. The Balaban J connectivity index is 1.88. The maximum absolute atomic E-state index is 11.4. The molecule has 1 aromatic heterocycles. The summed E-state index contributed by atoms with van der Waals surface area (Å²) in [5, 5.41) is 4.22. The van der Waals surface area contributed by atoms with Crippen molar-refractivity contribution in [3.8, 4) is 5.88 Å². The number of rotatable bonds is 6. The third-order valence-electron chi connectivity index (χ3n) is 3.27. The van der Waals surface area contributed by atoms with Gasteiger partial charge in [-0.1, -0.05) is 11.3 Å². The molecule has 8 heteroatoms. The highest BCUT2D eigenvalue weighted by molar-refractivity contribution is 7.91. The van der Waals surface area contributed by atoms with E-state index in [4.69, 9.17) is 4.74 Å². The fourth-order valence-corrected chi connectivity index (χ4v) is 5.00. The van der Waals surface area contributed by atoms with Crippen LogP contribution in [0.5, 0.6) is 5.88 Å². The molecular formula is C12H21N3O3S2. The zero-order valence-electron chi connectivity index (χ0n) is 12.0. The minimum Gasteiger partial charge on any atom is -0.480 e. The first kappa shape index (κ1) is 15.5. The fourth-order valence-electron chi connectivity index (χ4n) is 2.21. The molecule has 1 aliphatic heterocycles. The second-order valence-corrected chi connectivity index (χ2v) is 8.51. The van der Waals surface area contributed by atoms with Gasteiger partial charge < -0.3 is 15.0 Å². The molecule has 1 atom stereocenters. The maximum atomic E-state index is 11.4. The monoisotopic (exact) mass is 319 g/mol. The summed E-state index contributed by atoms with van der Waals surface area (Å²) in [7, 11) is 2.71. The van der Waals surface area contributed by atoms with Gasteiger partial charge in [-0.2, -0.15) is 4.98 Å². The Bertz CT molecular complexity index is 554. The van der Waals surface area contributed by atoms with Gasteiger partial charge in [-0.3, -0.25) is 0 Å². The van der Waals surface area contributed by atoms with Crippen LogP contribution >= 0.6 is 11.3 Å². The number of aromatic nitrogens is 1. The molecule has 1 unspecified atom stereocenters. The molecule has 0 spiro atoms. The largest absolute Gasteiger partial charge is 0.480 e. The lowest BCUT2D eigenvalue weighted by Gasteiger charge is -2.08. The topological polar surface area (TPSA) is 71.5 Å². The molecule has 0 aromatic carbocycles. The van der Waals surface area contributed by atoms with Crippen LogP contribution in [0.25, 0.3) is 0 Å². The third-order valence-corrected chi connectivity index (χ3v) is 6.31. The van der Waals surface area contributed by atoms with E-state index in [0.717, 1.165) is 23.0 Å². The van der Waals surface area contributed by atoms with Crippen molar-refractivity contribution in [1.82, 2.24) is 10.3 Å². The van der Waals surface area contributed by atoms with Gasteiger partial charge in [0.1, 0.15) is 0 Å². The van der Waals surface area contributed by atoms with Crippen LogP contribution in [-0.2, 0) is 16.4 Å². The van der Waals surface area contributed by atoms with Crippen molar-refractivity contribution in [2.24, 2.45) is 5.92 Å². The molecule has 0 radical (unpaired) electrons. The molecule has 0 amide bonds. The molecule has 2 heterocycles. The van der Waals surface area contributed by atoms with E-state index in [-0.39, 0.29) is 5.92 Å². The highest BCUT2D eigenvalue weighted by atomic mass is 32.2.